The highest BCUT2D eigenvalue weighted by atomic mass is 32.1. The van der Waals surface area contributed by atoms with Gasteiger partial charge in [0.1, 0.15) is 10.6 Å². The van der Waals surface area contributed by atoms with E-state index in [1.165, 1.54) is 0 Å². The number of anilines is 1. The average Bonchev–Trinajstić information content (AvgIpc) is 3.55. The third-order valence-electron chi connectivity index (χ3n) is 5.88. The highest BCUT2D eigenvalue weighted by molar-refractivity contribution is 7.13. The van der Waals surface area contributed by atoms with E-state index in [4.69, 9.17) is 9.15 Å². The van der Waals surface area contributed by atoms with Crippen molar-refractivity contribution in [1.82, 2.24) is 15.6 Å². The van der Waals surface area contributed by atoms with Crippen LogP contribution in [-0.2, 0) is 23.8 Å². The van der Waals surface area contributed by atoms with Crippen LogP contribution < -0.4 is 15.5 Å². The van der Waals surface area contributed by atoms with Gasteiger partial charge in [0, 0.05) is 44.7 Å². The lowest BCUT2D eigenvalue weighted by molar-refractivity contribution is -0.141. The number of carbonyl (C=O) groups excluding carboxylic acids is 1. The number of nitrogens with zero attached hydrogens (tertiary/aromatic N) is 2. The van der Waals surface area contributed by atoms with Crippen LogP contribution in [0.1, 0.15) is 44.7 Å². The molecule has 2 aromatic heterocycles. The maximum Gasteiger partial charge on any atom is 0.435 e. The summed E-state index contributed by atoms with van der Waals surface area (Å²) in [6.45, 7) is 5.64. The van der Waals surface area contributed by atoms with Gasteiger partial charge in [0.2, 0.25) is 0 Å². The number of aromatic nitrogens is 1. The summed E-state index contributed by atoms with van der Waals surface area (Å²) in [7, 11) is 0. The molecule has 0 radical (unpaired) electrons. The van der Waals surface area contributed by atoms with Crippen molar-refractivity contribution in [3.05, 3.63) is 69.6 Å². The van der Waals surface area contributed by atoms with Gasteiger partial charge < -0.3 is 24.7 Å². The summed E-state index contributed by atoms with van der Waals surface area (Å²) in [5, 5.41) is 6.15. The van der Waals surface area contributed by atoms with Gasteiger partial charge in [-0.25, -0.2) is 4.98 Å². The van der Waals surface area contributed by atoms with Crippen LogP contribution in [0.4, 0.5) is 18.9 Å². The Morgan fingerprint density at radius 2 is 1.94 bits per heavy atom. The molecule has 1 aliphatic rings. The highest BCUT2D eigenvalue weighted by Gasteiger charge is 2.39. The van der Waals surface area contributed by atoms with E-state index in [9.17, 15) is 18.0 Å². The topological polar surface area (TPSA) is 79.6 Å². The fraction of sp³-hybridized carbons (Fsp3) is 0.440. The maximum atomic E-state index is 13.7. The van der Waals surface area contributed by atoms with Crippen molar-refractivity contribution in [2.24, 2.45) is 0 Å². The Bertz CT molecular complexity index is 1130. The zero-order chi connectivity index (χ0) is 25.5. The van der Waals surface area contributed by atoms with Crippen LogP contribution >= 0.6 is 11.3 Å². The van der Waals surface area contributed by atoms with E-state index in [2.05, 4.69) is 20.5 Å². The first-order chi connectivity index (χ1) is 17.3. The number of furan rings is 1. The van der Waals surface area contributed by atoms with Crippen molar-refractivity contribution in [3.63, 3.8) is 0 Å². The first-order valence-corrected chi connectivity index (χ1v) is 12.7. The fourth-order valence-electron chi connectivity index (χ4n) is 3.96. The van der Waals surface area contributed by atoms with Crippen LogP contribution in [0, 0.1) is 0 Å². The molecule has 1 saturated heterocycles. The smallest absolute Gasteiger partial charge is 0.435 e. The highest BCUT2D eigenvalue weighted by Crippen LogP contribution is 2.35. The number of halogens is 3. The minimum absolute atomic E-state index is 0.264. The van der Waals surface area contributed by atoms with Crippen LogP contribution in [0.2, 0.25) is 0 Å². The van der Waals surface area contributed by atoms with E-state index in [0.717, 1.165) is 41.4 Å². The van der Waals surface area contributed by atoms with Crippen molar-refractivity contribution in [1.29, 1.82) is 0 Å². The van der Waals surface area contributed by atoms with E-state index in [1.54, 1.807) is 19.3 Å². The molecule has 0 spiro atoms. The Morgan fingerprint density at radius 3 is 2.67 bits per heavy atom. The summed E-state index contributed by atoms with van der Waals surface area (Å²) in [5.41, 5.74) is 0.670. The van der Waals surface area contributed by atoms with Gasteiger partial charge in [-0.2, -0.15) is 13.2 Å². The molecule has 1 aliphatic heterocycles. The number of ether oxygens (including phenoxy) is 1. The summed E-state index contributed by atoms with van der Waals surface area (Å²) in [5.74, 6) is 0.0563. The molecular weight excluding hydrogens is 493 g/mol. The summed E-state index contributed by atoms with van der Waals surface area (Å²) >= 11 is 0.790. The first-order valence-electron chi connectivity index (χ1n) is 11.8. The molecule has 0 unspecified atom stereocenters. The van der Waals surface area contributed by atoms with Crippen molar-refractivity contribution in [2.45, 2.75) is 32.0 Å². The molecule has 0 bridgehead atoms. The minimum atomic E-state index is -4.71. The second-order valence-electron chi connectivity index (χ2n) is 8.50. The van der Waals surface area contributed by atoms with Gasteiger partial charge >= 0.3 is 6.18 Å². The van der Waals surface area contributed by atoms with Gasteiger partial charge in [-0.3, -0.25) is 4.79 Å². The Balaban J connectivity index is 1.38. The molecule has 3 heterocycles. The van der Waals surface area contributed by atoms with Crippen molar-refractivity contribution in [3.8, 4) is 0 Å². The van der Waals surface area contributed by atoms with E-state index in [1.807, 2.05) is 30.3 Å². The van der Waals surface area contributed by atoms with Crippen molar-refractivity contribution >= 4 is 22.9 Å². The van der Waals surface area contributed by atoms with E-state index >= 15 is 0 Å². The van der Waals surface area contributed by atoms with Crippen molar-refractivity contribution < 1.29 is 27.1 Å². The molecule has 0 aliphatic carbocycles. The van der Waals surface area contributed by atoms with E-state index in [0.29, 0.717) is 32.7 Å². The lowest BCUT2D eigenvalue weighted by Gasteiger charge is -2.29. The molecule has 1 fully saturated rings. The summed E-state index contributed by atoms with van der Waals surface area (Å²) in [4.78, 5) is 18.4. The van der Waals surface area contributed by atoms with Gasteiger partial charge in [0.25, 0.3) is 5.91 Å². The zero-order valence-electron chi connectivity index (χ0n) is 19.9. The number of carbonyl (C=O) groups is 1. The lowest BCUT2D eigenvalue weighted by Crippen LogP contribution is -2.36. The SMILES string of the molecule is C[C@H](NC(=O)c1sc(CCNCCc2ccco2)nc1C(F)(F)F)c1cccc(N2CCOCC2)c1. The van der Waals surface area contributed by atoms with Crippen LogP contribution in [0.3, 0.4) is 0 Å². The van der Waals surface area contributed by atoms with Gasteiger partial charge in [0.05, 0.1) is 30.5 Å². The normalized spacial score (nSPS) is 15.2. The molecular formula is C25H29F3N4O3S. The number of morpholine rings is 1. The first kappa shape index (κ1) is 26.2. The van der Waals surface area contributed by atoms with Gasteiger partial charge in [-0.15, -0.1) is 11.3 Å². The molecule has 194 valence electrons. The molecule has 0 saturated carbocycles. The van der Waals surface area contributed by atoms with Crippen LogP contribution in [0.25, 0.3) is 0 Å². The largest absolute Gasteiger partial charge is 0.469 e. The number of nitrogens with one attached hydrogen (secondary N) is 2. The quantitative estimate of drug-likeness (QED) is 0.383. The summed E-state index contributed by atoms with van der Waals surface area (Å²) in [6, 6.07) is 10.9. The fourth-order valence-corrected chi connectivity index (χ4v) is 4.95. The molecule has 1 aromatic carbocycles. The number of hydrogen-bond donors (Lipinski definition) is 2. The molecule has 11 heteroatoms. The zero-order valence-corrected chi connectivity index (χ0v) is 20.8. The molecule has 1 atom stereocenters. The predicted molar refractivity (Wildman–Crippen MR) is 131 cm³/mol. The number of hydrogen-bond acceptors (Lipinski definition) is 7. The predicted octanol–water partition coefficient (Wildman–Crippen LogP) is 4.46. The van der Waals surface area contributed by atoms with Gasteiger partial charge in [0.15, 0.2) is 5.69 Å². The summed E-state index contributed by atoms with van der Waals surface area (Å²) in [6.07, 6.45) is -2.15. The van der Waals surface area contributed by atoms with Gasteiger partial charge in [-0.05, 0) is 36.8 Å². The van der Waals surface area contributed by atoms with Crippen LogP contribution in [-0.4, -0.2) is 50.3 Å². The molecule has 1 amide bonds. The summed E-state index contributed by atoms with van der Waals surface area (Å²) < 4.78 is 51.6. The maximum absolute atomic E-state index is 13.7. The standard InChI is InChI=1S/C25H29F3N4O3S/c1-17(18-4-2-5-19(16-18)32-11-14-34-15-12-32)30-24(33)22-23(25(26,27)28)31-21(36-22)8-10-29-9-7-20-6-3-13-35-20/h2-6,13,16-17,29H,7-12,14-15H2,1H3,(H,30,33)/t17-/m0/s1. The number of rotatable bonds is 10. The number of benzene rings is 1. The molecule has 2 N–H and O–H groups in total. The molecule has 36 heavy (non-hydrogen) atoms. The monoisotopic (exact) mass is 522 g/mol. The van der Waals surface area contributed by atoms with Gasteiger partial charge in [-0.1, -0.05) is 12.1 Å². The molecule has 7 nitrogen and oxygen atoms in total. The lowest BCUT2D eigenvalue weighted by atomic mass is 10.1. The second-order valence-corrected chi connectivity index (χ2v) is 9.59. The molecule has 4 rings (SSSR count). The Hall–Kier alpha value is -2.89. The second kappa shape index (κ2) is 11.9. The van der Waals surface area contributed by atoms with E-state index < -0.39 is 28.7 Å². The van der Waals surface area contributed by atoms with Crippen LogP contribution in [0.15, 0.2) is 47.1 Å². The number of amides is 1. The number of thiazole rings is 1. The Kier molecular flexibility index (Phi) is 8.65. The molecule has 3 aromatic rings. The average molecular weight is 523 g/mol. The van der Waals surface area contributed by atoms with E-state index in [-0.39, 0.29) is 11.4 Å². The third kappa shape index (κ3) is 6.86. The third-order valence-corrected chi connectivity index (χ3v) is 7.00. The Morgan fingerprint density at radius 1 is 1.17 bits per heavy atom. The minimum Gasteiger partial charge on any atom is -0.469 e. The number of alkyl halides is 3. The van der Waals surface area contributed by atoms with Crippen molar-refractivity contribution in [2.75, 3.05) is 44.3 Å². The Labute approximate surface area is 211 Å². The van der Waals surface area contributed by atoms with Crippen LogP contribution in [0.5, 0.6) is 0 Å².